The van der Waals surface area contributed by atoms with Crippen molar-refractivity contribution in [1.82, 2.24) is 14.8 Å². The van der Waals surface area contributed by atoms with Gasteiger partial charge < -0.3 is 24.5 Å². The van der Waals surface area contributed by atoms with Gasteiger partial charge in [-0.1, -0.05) is 12.1 Å². The SMILES string of the molecule is CCOC(=O)c1[nH]c(C)c(C(O)=C2C(=O)C(=O)N(CCCN3CCOCC3)[C@H]2c2cccc(F)c2)c1C. The van der Waals surface area contributed by atoms with E-state index >= 15 is 0 Å². The van der Waals surface area contributed by atoms with Gasteiger partial charge in [0.25, 0.3) is 11.7 Å². The predicted molar refractivity (Wildman–Crippen MR) is 134 cm³/mol. The summed E-state index contributed by atoms with van der Waals surface area (Å²) < 4.78 is 24.7. The maximum absolute atomic E-state index is 14.2. The molecule has 10 heteroatoms. The number of carbonyl (C=O) groups is 3. The van der Waals surface area contributed by atoms with E-state index in [1.54, 1.807) is 26.8 Å². The number of likely N-dealkylation sites (tertiary alicyclic amines) is 1. The number of carbonyl (C=O) groups excluding carboxylic acids is 3. The molecule has 0 aliphatic carbocycles. The van der Waals surface area contributed by atoms with E-state index in [1.165, 1.54) is 23.1 Å². The first kappa shape index (κ1) is 26.6. The standard InChI is InChI=1S/C27H32FN3O6/c1-4-37-27(35)22-16(2)20(17(3)29-22)24(32)21-23(18-7-5-8-19(28)15-18)31(26(34)25(21)33)10-6-9-30-11-13-36-14-12-30/h5,7-8,15,23,29,32H,4,6,9-14H2,1-3H3/t23-/m0/s1. The molecule has 1 amide bonds. The van der Waals surface area contributed by atoms with Crippen LogP contribution < -0.4 is 0 Å². The third-order valence-corrected chi connectivity index (χ3v) is 6.84. The Hall–Kier alpha value is -3.50. The molecular weight excluding hydrogens is 481 g/mol. The molecule has 1 aromatic heterocycles. The van der Waals surface area contributed by atoms with E-state index in [1.807, 2.05) is 0 Å². The number of ketones is 1. The van der Waals surface area contributed by atoms with Crippen LogP contribution in [0.25, 0.3) is 5.76 Å². The average Bonchev–Trinajstić information content (AvgIpc) is 3.32. The van der Waals surface area contributed by atoms with E-state index < -0.39 is 35.3 Å². The van der Waals surface area contributed by atoms with Crippen LogP contribution in [0, 0.1) is 19.7 Å². The summed E-state index contributed by atoms with van der Waals surface area (Å²) in [5.41, 5.74) is 1.48. The van der Waals surface area contributed by atoms with Crippen molar-refractivity contribution < 1.29 is 33.4 Å². The molecule has 2 saturated heterocycles. The first-order valence-corrected chi connectivity index (χ1v) is 12.4. The van der Waals surface area contributed by atoms with E-state index in [0.717, 1.165) is 13.1 Å². The zero-order valence-corrected chi connectivity index (χ0v) is 21.3. The van der Waals surface area contributed by atoms with E-state index in [9.17, 15) is 23.9 Å². The Balaban J connectivity index is 1.74. The molecule has 3 heterocycles. The van der Waals surface area contributed by atoms with Crippen LogP contribution in [0.3, 0.4) is 0 Å². The van der Waals surface area contributed by atoms with Gasteiger partial charge in [-0.25, -0.2) is 9.18 Å². The van der Waals surface area contributed by atoms with E-state index in [-0.39, 0.29) is 30.0 Å². The number of esters is 1. The minimum absolute atomic E-state index is 0.136. The molecule has 0 radical (unpaired) electrons. The summed E-state index contributed by atoms with van der Waals surface area (Å²) in [5.74, 6) is -3.13. The Labute approximate surface area is 214 Å². The van der Waals surface area contributed by atoms with Crippen molar-refractivity contribution in [3.8, 4) is 0 Å². The topological polar surface area (TPSA) is 112 Å². The second kappa shape index (κ2) is 11.3. The van der Waals surface area contributed by atoms with Crippen LogP contribution in [-0.2, 0) is 19.1 Å². The van der Waals surface area contributed by atoms with Gasteiger partial charge in [0.05, 0.1) is 31.4 Å². The Morgan fingerprint density at radius 2 is 1.95 bits per heavy atom. The third kappa shape index (κ3) is 5.30. The lowest BCUT2D eigenvalue weighted by atomic mass is 9.94. The number of aryl methyl sites for hydroxylation is 1. The summed E-state index contributed by atoms with van der Waals surface area (Å²) in [6.45, 7) is 8.98. The van der Waals surface area contributed by atoms with Gasteiger partial charge >= 0.3 is 5.97 Å². The molecule has 2 aliphatic rings. The maximum Gasteiger partial charge on any atom is 0.355 e. The number of hydrogen-bond acceptors (Lipinski definition) is 7. The number of halogens is 1. The summed E-state index contributed by atoms with van der Waals surface area (Å²) in [7, 11) is 0. The molecule has 1 aromatic carbocycles. The van der Waals surface area contributed by atoms with Crippen LogP contribution in [-0.4, -0.2) is 83.5 Å². The van der Waals surface area contributed by atoms with Gasteiger partial charge in [0, 0.05) is 37.4 Å². The van der Waals surface area contributed by atoms with Crippen LogP contribution in [0.2, 0.25) is 0 Å². The Morgan fingerprint density at radius 3 is 2.62 bits per heavy atom. The number of nitrogens with zero attached hydrogens (tertiary/aromatic N) is 2. The van der Waals surface area contributed by atoms with Crippen molar-refractivity contribution in [3.63, 3.8) is 0 Å². The highest BCUT2D eigenvalue weighted by Crippen LogP contribution is 2.41. The minimum Gasteiger partial charge on any atom is -0.507 e. The number of aromatic amines is 1. The van der Waals surface area contributed by atoms with Crippen LogP contribution in [0.15, 0.2) is 29.8 Å². The number of aliphatic hydroxyl groups is 1. The van der Waals surface area contributed by atoms with Crippen molar-refractivity contribution in [3.05, 3.63) is 63.7 Å². The molecule has 2 N–H and O–H groups in total. The number of H-pyrrole nitrogens is 1. The fourth-order valence-corrected chi connectivity index (χ4v) is 5.07. The molecule has 0 bridgehead atoms. The second-order valence-electron chi connectivity index (χ2n) is 9.20. The van der Waals surface area contributed by atoms with Crippen LogP contribution in [0.4, 0.5) is 4.39 Å². The molecule has 0 unspecified atom stereocenters. The fraction of sp³-hybridized carbons (Fsp3) is 0.444. The number of aliphatic hydroxyl groups excluding tert-OH is 1. The quantitative estimate of drug-likeness (QED) is 0.241. The lowest BCUT2D eigenvalue weighted by molar-refractivity contribution is -0.140. The number of morpholine rings is 1. The number of nitrogens with one attached hydrogen (secondary N) is 1. The number of rotatable bonds is 8. The molecule has 0 saturated carbocycles. The number of hydrogen-bond donors (Lipinski definition) is 2. The lowest BCUT2D eigenvalue weighted by Crippen LogP contribution is -2.39. The fourth-order valence-electron chi connectivity index (χ4n) is 5.07. The summed E-state index contributed by atoms with van der Waals surface area (Å²) in [6, 6.07) is 4.70. The van der Waals surface area contributed by atoms with Crippen LogP contribution in [0.5, 0.6) is 0 Å². The van der Waals surface area contributed by atoms with E-state index in [2.05, 4.69) is 9.88 Å². The molecule has 2 aliphatic heterocycles. The molecule has 37 heavy (non-hydrogen) atoms. The normalized spacial score (nSPS) is 20.0. The monoisotopic (exact) mass is 513 g/mol. The molecule has 1 atom stereocenters. The predicted octanol–water partition coefficient (Wildman–Crippen LogP) is 3.09. The van der Waals surface area contributed by atoms with Crippen molar-refractivity contribution in [2.75, 3.05) is 46.0 Å². The van der Waals surface area contributed by atoms with Crippen molar-refractivity contribution >= 4 is 23.4 Å². The zero-order valence-electron chi connectivity index (χ0n) is 21.3. The van der Waals surface area contributed by atoms with Gasteiger partial charge in [-0.2, -0.15) is 0 Å². The number of ether oxygens (including phenoxy) is 2. The summed E-state index contributed by atoms with van der Waals surface area (Å²) in [4.78, 5) is 45.4. The smallest absolute Gasteiger partial charge is 0.355 e. The first-order valence-electron chi connectivity index (χ1n) is 12.4. The van der Waals surface area contributed by atoms with Gasteiger partial charge in [-0.05, 0) is 50.5 Å². The molecule has 9 nitrogen and oxygen atoms in total. The summed E-state index contributed by atoms with van der Waals surface area (Å²) in [5, 5.41) is 11.4. The van der Waals surface area contributed by atoms with Gasteiger partial charge in [-0.15, -0.1) is 0 Å². The van der Waals surface area contributed by atoms with E-state index in [4.69, 9.17) is 9.47 Å². The highest BCUT2D eigenvalue weighted by atomic mass is 19.1. The Morgan fingerprint density at radius 1 is 1.22 bits per heavy atom. The van der Waals surface area contributed by atoms with Crippen molar-refractivity contribution in [1.29, 1.82) is 0 Å². The van der Waals surface area contributed by atoms with Gasteiger partial charge in [0.15, 0.2) is 0 Å². The Bertz CT molecular complexity index is 1230. The van der Waals surface area contributed by atoms with Crippen molar-refractivity contribution in [2.45, 2.75) is 33.2 Å². The molecule has 4 rings (SSSR count). The van der Waals surface area contributed by atoms with Gasteiger partial charge in [0.2, 0.25) is 0 Å². The zero-order chi connectivity index (χ0) is 26.7. The van der Waals surface area contributed by atoms with E-state index in [0.29, 0.717) is 43.0 Å². The first-order chi connectivity index (χ1) is 17.7. The summed E-state index contributed by atoms with van der Waals surface area (Å²) in [6.07, 6.45) is 0.591. The maximum atomic E-state index is 14.2. The molecular formula is C27H32FN3O6. The average molecular weight is 514 g/mol. The largest absolute Gasteiger partial charge is 0.507 e. The summed E-state index contributed by atoms with van der Waals surface area (Å²) >= 11 is 0. The molecule has 198 valence electrons. The highest BCUT2D eigenvalue weighted by Gasteiger charge is 2.46. The number of benzene rings is 1. The number of Topliss-reactive ketones (excluding diaryl/α,β-unsaturated/α-hetero) is 1. The second-order valence-corrected chi connectivity index (χ2v) is 9.20. The third-order valence-electron chi connectivity index (χ3n) is 6.84. The molecule has 2 aromatic rings. The van der Waals surface area contributed by atoms with Crippen LogP contribution in [0.1, 0.15) is 52.3 Å². The van der Waals surface area contributed by atoms with Gasteiger partial charge in [0.1, 0.15) is 17.3 Å². The minimum atomic E-state index is -0.972. The highest BCUT2D eigenvalue weighted by molar-refractivity contribution is 6.46. The number of amides is 1. The lowest BCUT2D eigenvalue weighted by Gasteiger charge is -2.29. The number of aromatic nitrogens is 1. The van der Waals surface area contributed by atoms with Crippen molar-refractivity contribution in [2.24, 2.45) is 0 Å². The van der Waals surface area contributed by atoms with Gasteiger partial charge in [-0.3, -0.25) is 14.5 Å². The van der Waals surface area contributed by atoms with Crippen LogP contribution >= 0.6 is 0 Å². The Kier molecular flexibility index (Phi) is 8.09. The molecule has 0 spiro atoms. The molecule has 2 fully saturated rings.